The normalized spacial score (nSPS) is 16.0. The first-order chi connectivity index (χ1) is 10.6. The van der Waals surface area contributed by atoms with Crippen molar-refractivity contribution in [3.05, 3.63) is 18.5 Å². The molecule has 120 valence electrons. The van der Waals surface area contributed by atoms with E-state index in [4.69, 9.17) is 4.74 Å². The van der Waals surface area contributed by atoms with Gasteiger partial charge in [0, 0.05) is 25.0 Å². The number of hydrogen-bond donors (Lipinski definition) is 2. The first kappa shape index (κ1) is 16.2. The largest absolute Gasteiger partial charge is 0.452 e. The summed E-state index contributed by atoms with van der Waals surface area (Å²) in [4.78, 5) is 31.6. The van der Waals surface area contributed by atoms with Crippen LogP contribution in [0.4, 0.5) is 5.95 Å². The minimum atomic E-state index is -0.763. The molecule has 1 saturated carbocycles. The van der Waals surface area contributed by atoms with Gasteiger partial charge in [-0.3, -0.25) is 9.59 Å². The summed E-state index contributed by atoms with van der Waals surface area (Å²) in [5.41, 5.74) is 0. The van der Waals surface area contributed by atoms with Gasteiger partial charge in [0.25, 0.3) is 5.91 Å². The lowest BCUT2D eigenvalue weighted by atomic mass is 10.2. The van der Waals surface area contributed by atoms with E-state index in [0.29, 0.717) is 12.5 Å². The number of nitrogens with one attached hydrogen (secondary N) is 2. The number of carbonyl (C=O) groups is 2. The van der Waals surface area contributed by atoms with E-state index in [0.717, 1.165) is 25.7 Å². The topological polar surface area (TPSA) is 93.2 Å². The molecule has 1 aliphatic carbocycles. The Morgan fingerprint density at radius 1 is 1.32 bits per heavy atom. The summed E-state index contributed by atoms with van der Waals surface area (Å²) in [5, 5.41) is 5.83. The maximum absolute atomic E-state index is 11.9. The fraction of sp³-hybridized carbons (Fsp3) is 0.600. The molecule has 2 N–H and O–H groups in total. The molecule has 7 heteroatoms. The number of anilines is 1. The van der Waals surface area contributed by atoms with Gasteiger partial charge in [0.2, 0.25) is 5.95 Å². The Hall–Kier alpha value is -2.18. The van der Waals surface area contributed by atoms with Crippen molar-refractivity contribution in [2.24, 2.45) is 0 Å². The number of esters is 1. The van der Waals surface area contributed by atoms with E-state index < -0.39 is 12.1 Å². The molecule has 1 aromatic heterocycles. The smallest absolute Gasteiger partial charge is 0.308 e. The molecule has 0 aliphatic heterocycles. The summed E-state index contributed by atoms with van der Waals surface area (Å²) in [6.07, 6.45) is 6.92. The third-order valence-electron chi connectivity index (χ3n) is 3.56. The molecular formula is C15H22N4O3. The van der Waals surface area contributed by atoms with Gasteiger partial charge >= 0.3 is 5.97 Å². The zero-order chi connectivity index (χ0) is 15.8. The molecule has 0 bridgehead atoms. The molecule has 0 radical (unpaired) electrons. The van der Waals surface area contributed by atoms with Crippen LogP contribution in [0.25, 0.3) is 0 Å². The molecular weight excluding hydrogens is 284 g/mol. The maximum Gasteiger partial charge on any atom is 0.308 e. The summed E-state index contributed by atoms with van der Waals surface area (Å²) >= 11 is 0. The number of nitrogens with zero attached hydrogens (tertiary/aromatic N) is 2. The van der Waals surface area contributed by atoms with Gasteiger partial charge in [0.15, 0.2) is 6.10 Å². The molecule has 1 fully saturated rings. The molecule has 0 spiro atoms. The van der Waals surface area contributed by atoms with Gasteiger partial charge in [-0.2, -0.15) is 0 Å². The van der Waals surface area contributed by atoms with Crippen LogP contribution >= 0.6 is 0 Å². The monoisotopic (exact) mass is 306 g/mol. The summed E-state index contributed by atoms with van der Waals surface area (Å²) < 4.78 is 5.13. The van der Waals surface area contributed by atoms with Gasteiger partial charge in [-0.1, -0.05) is 12.8 Å². The lowest BCUT2D eigenvalue weighted by Gasteiger charge is -2.17. The van der Waals surface area contributed by atoms with E-state index in [1.54, 1.807) is 25.4 Å². The van der Waals surface area contributed by atoms with Crippen molar-refractivity contribution in [2.75, 3.05) is 11.9 Å². The van der Waals surface area contributed by atoms with Crippen molar-refractivity contribution in [3.63, 3.8) is 0 Å². The highest BCUT2D eigenvalue weighted by Crippen LogP contribution is 2.17. The molecule has 7 nitrogen and oxygen atoms in total. The predicted octanol–water partition coefficient (Wildman–Crippen LogP) is 1.27. The van der Waals surface area contributed by atoms with E-state index >= 15 is 0 Å². The summed E-state index contributed by atoms with van der Waals surface area (Å²) in [6.45, 7) is 1.95. The molecule has 0 aromatic carbocycles. The first-order valence-electron chi connectivity index (χ1n) is 7.66. The Labute approximate surface area is 129 Å². The predicted molar refractivity (Wildman–Crippen MR) is 81.1 cm³/mol. The molecule has 1 unspecified atom stereocenters. The number of amides is 1. The van der Waals surface area contributed by atoms with Crippen molar-refractivity contribution < 1.29 is 14.3 Å². The average molecular weight is 306 g/mol. The summed E-state index contributed by atoms with van der Waals surface area (Å²) in [7, 11) is 0. The number of aromatic nitrogens is 2. The molecule has 1 aliphatic rings. The van der Waals surface area contributed by atoms with Gasteiger partial charge < -0.3 is 15.4 Å². The second kappa shape index (κ2) is 8.31. The van der Waals surface area contributed by atoms with Crippen LogP contribution in [-0.2, 0) is 14.3 Å². The molecule has 1 heterocycles. The molecule has 2 rings (SSSR count). The quantitative estimate of drug-likeness (QED) is 0.737. The van der Waals surface area contributed by atoms with Gasteiger partial charge in [-0.15, -0.1) is 0 Å². The minimum absolute atomic E-state index is 0.152. The Bertz CT molecular complexity index is 489. The van der Waals surface area contributed by atoms with Crippen LogP contribution in [0.3, 0.4) is 0 Å². The van der Waals surface area contributed by atoms with Gasteiger partial charge in [0.05, 0.1) is 6.42 Å². The molecule has 1 amide bonds. The Kier molecular flexibility index (Phi) is 6.12. The summed E-state index contributed by atoms with van der Waals surface area (Å²) in [5.74, 6) is -0.181. The van der Waals surface area contributed by atoms with E-state index in [-0.39, 0.29) is 18.4 Å². The van der Waals surface area contributed by atoms with Crippen LogP contribution in [-0.4, -0.2) is 40.5 Å². The van der Waals surface area contributed by atoms with Crippen molar-refractivity contribution in [2.45, 2.75) is 51.2 Å². The van der Waals surface area contributed by atoms with Gasteiger partial charge in [-0.05, 0) is 25.8 Å². The Morgan fingerprint density at radius 2 is 2.00 bits per heavy atom. The highest BCUT2D eigenvalue weighted by atomic mass is 16.5. The second-order valence-corrected chi connectivity index (χ2v) is 5.37. The SMILES string of the molecule is CC(OC(=O)CCNc1ncccn1)C(=O)NC1CCCC1. The van der Waals surface area contributed by atoms with Crippen LogP contribution in [0, 0.1) is 0 Å². The molecule has 1 aromatic rings. The molecule has 0 saturated heterocycles. The average Bonchev–Trinajstić information content (AvgIpc) is 3.01. The van der Waals surface area contributed by atoms with E-state index in [1.807, 2.05) is 0 Å². The van der Waals surface area contributed by atoms with E-state index in [9.17, 15) is 9.59 Å². The highest BCUT2D eigenvalue weighted by molar-refractivity contribution is 5.83. The molecule has 22 heavy (non-hydrogen) atoms. The van der Waals surface area contributed by atoms with Gasteiger partial charge in [-0.25, -0.2) is 9.97 Å². The fourth-order valence-corrected chi connectivity index (χ4v) is 2.37. The number of rotatable bonds is 7. The zero-order valence-corrected chi connectivity index (χ0v) is 12.7. The number of carbonyl (C=O) groups excluding carboxylic acids is 2. The standard InChI is InChI=1S/C15H22N4O3/c1-11(14(21)19-12-5-2-3-6-12)22-13(20)7-10-18-15-16-8-4-9-17-15/h4,8-9,11-12H,2-3,5-7,10H2,1H3,(H,19,21)(H,16,17,18). The van der Waals surface area contributed by atoms with E-state index in [2.05, 4.69) is 20.6 Å². The first-order valence-corrected chi connectivity index (χ1v) is 7.66. The second-order valence-electron chi connectivity index (χ2n) is 5.37. The van der Waals surface area contributed by atoms with Crippen molar-refractivity contribution >= 4 is 17.8 Å². The fourth-order valence-electron chi connectivity index (χ4n) is 2.37. The van der Waals surface area contributed by atoms with Crippen LogP contribution in [0.2, 0.25) is 0 Å². The lowest BCUT2D eigenvalue weighted by Crippen LogP contribution is -2.41. The summed E-state index contributed by atoms with van der Waals surface area (Å²) in [6, 6.07) is 1.94. The van der Waals surface area contributed by atoms with Gasteiger partial charge in [0.1, 0.15) is 0 Å². The number of hydrogen-bond acceptors (Lipinski definition) is 6. The number of ether oxygens (including phenoxy) is 1. The minimum Gasteiger partial charge on any atom is -0.452 e. The highest BCUT2D eigenvalue weighted by Gasteiger charge is 2.22. The van der Waals surface area contributed by atoms with Crippen LogP contribution in [0.1, 0.15) is 39.0 Å². The Morgan fingerprint density at radius 3 is 2.68 bits per heavy atom. The molecule has 1 atom stereocenters. The third-order valence-corrected chi connectivity index (χ3v) is 3.56. The van der Waals surface area contributed by atoms with Crippen molar-refractivity contribution in [3.8, 4) is 0 Å². The maximum atomic E-state index is 11.9. The zero-order valence-electron chi connectivity index (χ0n) is 12.7. The Balaban J connectivity index is 1.64. The van der Waals surface area contributed by atoms with Crippen molar-refractivity contribution in [1.29, 1.82) is 0 Å². The van der Waals surface area contributed by atoms with Crippen LogP contribution < -0.4 is 10.6 Å². The van der Waals surface area contributed by atoms with Crippen LogP contribution in [0.15, 0.2) is 18.5 Å². The lowest BCUT2D eigenvalue weighted by molar-refractivity contribution is -0.154. The van der Waals surface area contributed by atoms with E-state index in [1.165, 1.54) is 0 Å². The van der Waals surface area contributed by atoms with Crippen LogP contribution in [0.5, 0.6) is 0 Å². The van der Waals surface area contributed by atoms with Crippen molar-refractivity contribution in [1.82, 2.24) is 15.3 Å². The third kappa shape index (κ3) is 5.31.